The van der Waals surface area contributed by atoms with E-state index in [4.69, 9.17) is 32.7 Å². The van der Waals surface area contributed by atoms with Crippen LogP contribution in [0, 0.1) is 5.82 Å². The van der Waals surface area contributed by atoms with Gasteiger partial charge in [0.15, 0.2) is 0 Å². The Kier molecular flexibility index (Phi) is 8.84. The average Bonchev–Trinajstić information content (AvgIpc) is 2.89. The second-order valence-electron chi connectivity index (χ2n) is 8.38. The number of carbonyl (C=O) groups excluding carboxylic acids is 2. The lowest BCUT2D eigenvalue weighted by Crippen LogP contribution is -2.44. The van der Waals surface area contributed by atoms with E-state index in [-0.39, 0.29) is 28.2 Å². The Morgan fingerprint density at radius 2 is 1.84 bits per heavy atom. The fraction of sp³-hybridized carbons (Fsp3) is 0.296. The van der Waals surface area contributed by atoms with Crippen molar-refractivity contribution in [2.75, 3.05) is 36.0 Å². The summed E-state index contributed by atoms with van der Waals surface area (Å²) >= 11 is 12.3. The van der Waals surface area contributed by atoms with E-state index in [0.29, 0.717) is 43.2 Å². The van der Waals surface area contributed by atoms with Gasteiger partial charge in [0.25, 0.3) is 5.91 Å². The maximum Gasteiger partial charge on any atom is 0.305 e. The molecule has 3 aromatic rings. The largest absolute Gasteiger partial charge is 0.466 e. The summed E-state index contributed by atoms with van der Waals surface area (Å²) in [5, 5.41) is 0.664. The molecule has 0 aliphatic carbocycles. The summed E-state index contributed by atoms with van der Waals surface area (Å²) in [6.45, 7) is 3.84. The number of rotatable bonds is 9. The molecule has 1 aliphatic heterocycles. The minimum atomic E-state index is -0.665. The van der Waals surface area contributed by atoms with Crippen molar-refractivity contribution in [3.8, 4) is 11.6 Å². The molecular formula is C27H26Cl2FN3O4. The van der Waals surface area contributed by atoms with Crippen molar-refractivity contribution in [2.45, 2.75) is 26.2 Å². The van der Waals surface area contributed by atoms with Gasteiger partial charge in [0, 0.05) is 37.1 Å². The van der Waals surface area contributed by atoms with Crippen LogP contribution in [0.5, 0.6) is 11.6 Å². The summed E-state index contributed by atoms with van der Waals surface area (Å²) in [4.78, 5) is 33.1. The highest BCUT2D eigenvalue weighted by Crippen LogP contribution is 2.37. The summed E-state index contributed by atoms with van der Waals surface area (Å²) in [5.74, 6) is -1.18. The smallest absolute Gasteiger partial charge is 0.305 e. The number of pyridine rings is 1. The van der Waals surface area contributed by atoms with E-state index in [0.717, 1.165) is 30.9 Å². The third kappa shape index (κ3) is 6.50. The first-order valence-electron chi connectivity index (χ1n) is 12.0. The van der Waals surface area contributed by atoms with Crippen LogP contribution in [0.4, 0.5) is 15.8 Å². The number of para-hydroxylation sites is 2. The molecule has 10 heteroatoms. The van der Waals surface area contributed by atoms with Gasteiger partial charge in [0.05, 0.1) is 29.2 Å². The van der Waals surface area contributed by atoms with Crippen molar-refractivity contribution in [1.29, 1.82) is 0 Å². The first-order chi connectivity index (χ1) is 17.9. The fourth-order valence-corrected chi connectivity index (χ4v) is 4.45. The Morgan fingerprint density at radius 1 is 1.05 bits per heavy atom. The molecule has 0 spiro atoms. The number of anilines is 2. The number of hydrogen-bond acceptors (Lipinski definition) is 6. The molecule has 194 valence electrons. The van der Waals surface area contributed by atoms with E-state index in [1.54, 1.807) is 24.0 Å². The normalized spacial score (nSPS) is 12.8. The lowest BCUT2D eigenvalue weighted by atomic mass is 10.1. The van der Waals surface area contributed by atoms with E-state index in [1.165, 1.54) is 6.07 Å². The van der Waals surface area contributed by atoms with Crippen LogP contribution < -0.4 is 14.5 Å². The molecule has 0 fully saturated rings. The van der Waals surface area contributed by atoms with Gasteiger partial charge >= 0.3 is 5.97 Å². The maximum absolute atomic E-state index is 14.2. The third-order valence-corrected chi connectivity index (χ3v) is 6.41. The van der Waals surface area contributed by atoms with Gasteiger partial charge in [0.2, 0.25) is 5.88 Å². The molecule has 0 unspecified atom stereocenters. The predicted octanol–water partition coefficient (Wildman–Crippen LogP) is 6.52. The molecule has 2 aromatic carbocycles. The molecular weight excluding hydrogens is 520 g/mol. The van der Waals surface area contributed by atoms with Gasteiger partial charge in [-0.05, 0) is 50.1 Å². The monoisotopic (exact) mass is 545 g/mol. The number of amides is 1. The highest BCUT2D eigenvalue weighted by atomic mass is 35.5. The van der Waals surface area contributed by atoms with Gasteiger partial charge < -0.3 is 19.3 Å². The Bertz CT molecular complexity index is 1290. The number of ether oxygens (including phenoxy) is 2. The van der Waals surface area contributed by atoms with Crippen LogP contribution in [0.15, 0.2) is 54.7 Å². The van der Waals surface area contributed by atoms with E-state index in [2.05, 4.69) is 9.88 Å². The van der Waals surface area contributed by atoms with Gasteiger partial charge in [-0.2, -0.15) is 0 Å². The second-order valence-corrected chi connectivity index (χ2v) is 9.22. The number of halogens is 3. The lowest BCUT2D eigenvalue weighted by molar-refractivity contribution is -0.143. The van der Waals surface area contributed by atoms with Crippen molar-refractivity contribution < 1.29 is 23.5 Å². The Hall–Kier alpha value is -3.36. The average molecular weight is 546 g/mol. The number of nitrogens with zero attached hydrogens (tertiary/aromatic N) is 3. The first kappa shape index (κ1) is 26.7. The Balaban J connectivity index is 1.54. The maximum atomic E-state index is 14.2. The standard InChI is InChI=1S/C27H26Cl2FN3O4/c1-2-36-25(34)9-5-6-12-32-13-14-33(23-8-4-3-7-22(23)32)27(35)20-16-19(30)17-31-26(20)37-24-15-18(28)10-11-21(24)29/h3-4,7-8,10-11,15-17H,2,5-6,9,12-14H2,1H3. The molecule has 1 amide bonds. The molecule has 1 aromatic heterocycles. The zero-order chi connectivity index (χ0) is 26.4. The molecule has 0 atom stereocenters. The van der Waals surface area contributed by atoms with Gasteiger partial charge in [-0.1, -0.05) is 35.3 Å². The number of aromatic nitrogens is 1. The summed E-state index contributed by atoms with van der Waals surface area (Å²) in [6, 6.07) is 13.3. The van der Waals surface area contributed by atoms with Gasteiger partial charge in [-0.3, -0.25) is 9.59 Å². The number of carbonyl (C=O) groups is 2. The Labute approximate surface area is 224 Å². The summed E-state index contributed by atoms with van der Waals surface area (Å²) in [6.07, 6.45) is 2.86. The summed E-state index contributed by atoms with van der Waals surface area (Å²) < 4.78 is 25.0. The zero-order valence-electron chi connectivity index (χ0n) is 20.3. The van der Waals surface area contributed by atoms with Crippen LogP contribution in [-0.4, -0.2) is 43.1 Å². The molecule has 1 aliphatic rings. The minimum Gasteiger partial charge on any atom is -0.466 e. The van der Waals surface area contributed by atoms with Crippen LogP contribution in [0.3, 0.4) is 0 Å². The molecule has 0 saturated carbocycles. The SMILES string of the molecule is CCOC(=O)CCCCN1CCN(C(=O)c2cc(F)cnc2Oc2cc(Cl)ccc2Cl)c2ccccc21. The molecule has 0 saturated heterocycles. The van der Waals surface area contributed by atoms with E-state index in [1.807, 2.05) is 24.3 Å². The van der Waals surface area contributed by atoms with Crippen LogP contribution in [0.2, 0.25) is 10.0 Å². The second kappa shape index (κ2) is 12.3. The quantitative estimate of drug-likeness (QED) is 0.225. The van der Waals surface area contributed by atoms with Crippen LogP contribution in [-0.2, 0) is 9.53 Å². The first-order valence-corrected chi connectivity index (χ1v) is 12.7. The molecule has 2 heterocycles. The predicted molar refractivity (Wildman–Crippen MR) is 142 cm³/mol. The van der Waals surface area contributed by atoms with E-state index in [9.17, 15) is 14.0 Å². The molecule has 0 bridgehead atoms. The number of fused-ring (bicyclic) bond motifs is 1. The van der Waals surface area contributed by atoms with Crippen LogP contribution >= 0.6 is 23.2 Å². The van der Waals surface area contributed by atoms with Crippen LogP contribution in [0.25, 0.3) is 0 Å². The van der Waals surface area contributed by atoms with E-state index >= 15 is 0 Å². The van der Waals surface area contributed by atoms with Gasteiger partial charge in [0.1, 0.15) is 17.1 Å². The van der Waals surface area contributed by atoms with Crippen molar-refractivity contribution in [3.63, 3.8) is 0 Å². The lowest BCUT2D eigenvalue weighted by Gasteiger charge is -2.38. The third-order valence-electron chi connectivity index (χ3n) is 5.86. The summed E-state index contributed by atoms with van der Waals surface area (Å²) in [5.41, 5.74) is 1.54. The minimum absolute atomic E-state index is 0.0336. The van der Waals surface area contributed by atoms with Gasteiger partial charge in [-0.25, -0.2) is 9.37 Å². The number of hydrogen-bond donors (Lipinski definition) is 0. The highest BCUT2D eigenvalue weighted by Gasteiger charge is 2.30. The molecule has 0 N–H and O–H groups in total. The van der Waals surface area contributed by atoms with E-state index < -0.39 is 11.7 Å². The van der Waals surface area contributed by atoms with Crippen molar-refractivity contribution in [3.05, 3.63) is 76.2 Å². The number of unbranched alkanes of at least 4 members (excludes halogenated alkanes) is 1. The van der Waals surface area contributed by atoms with Crippen molar-refractivity contribution in [2.24, 2.45) is 0 Å². The fourth-order valence-electron chi connectivity index (χ4n) is 4.14. The molecule has 0 radical (unpaired) electrons. The molecule has 4 rings (SSSR count). The highest BCUT2D eigenvalue weighted by molar-refractivity contribution is 6.34. The topological polar surface area (TPSA) is 72.0 Å². The molecule has 7 nitrogen and oxygen atoms in total. The van der Waals surface area contributed by atoms with Crippen LogP contribution in [0.1, 0.15) is 36.5 Å². The van der Waals surface area contributed by atoms with Gasteiger partial charge in [-0.15, -0.1) is 0 Å². The number of benzene rings is 2. The zero-order valence-corrected chi connectivity index (χ0v) is 21.8. The summed E-state index contributed by atoms with van der Waals surface area (Å²) in [7, 11) is 0. The number of esters is 1. The molecule has 37 heavy (non-hydrogen) atoms. The van der Waals surface area contributed by atoms with Crippen molar-refractivity contribution in [1.82, 2.24) is 4.98 Å². The Morgan fingerprint density at radius 3 is 2.62 bits per heavy atom. The van der Waals surface area contributed by atoms with Crippen molar-refractivity contribution >= 4 is 46.5 Å².